The predicted octanol–water partition coefficient (Wildman–Crippen LogP) is 2.96. The first-order valence-electron chi connectivity index (χ1n) is 6.43. The van der Waals surface area contributed by atoms with E-state index in [9.17, 15) is 28.6 Å². The Hall–Kier alpha value is -1.98. The zero-order valence-corrected chi connectivity index (χ0v) is 12.1. The van der Waals surface area contributed by atoms with Gasteiger partial charge in [-0.2, -0.15) is 0 Å². The van der Waals surface area contributed by atoms with Crippen LogP contribution in [0.4, 0.5) is 8.78 Å². The molecule has 0 aliphatic rings. The number of carbonyl (C=O) groups is 2. The summed E-state index contributed by atoms with van der Waals surface area (Å²) < 4.78 is 26.1. The summed E-state index contributed by atoms with van der Waals surface area (Å²) in [5.41, 5.74) is -0.537. The number of benzene rings is 1. The minimum Gasteiger partial charge on any atom is -0.481 e. The Kier molecular flexibility index (Phi) is 5.04. The lowest BCUT2D eigenvalue weighted by molar-refractivity contribution is -0.158. The Morgan fingerprint density at radius 2 is 1.67 bits per heavy atom. The SMILES string of the molecule is CC(C)(C)[C@H](C(=O)O)C(Cc1ccc(F)c(F)c1)C(=O)O. The molecule has 0 bridgehead atoms. The van der Waals surface area contributed by atoms with E-state index in [0.29, 0.717) is 0 Å². The number of aliphatic carboxylic acids is 2. The molecule has 0 aliphatic heterocycles. The summed E-state index contributed by atoms with van der Waals surface area (Å²) in [7, 11) is 0. The predicted molar refractivity (Wildman–Crippen MR) is 71.8 cm³/mol. The first-order chi connectivity index (χ1) is 9.54. The van der Waals surface area contributed by atoms with Crippen molar-refractivity contribution in [2.45, 2.75) is 27.2 Å². The molecular formula is C15H18F2O4. The molecule has 4 nitrogen and oxygen atoms in total. The third-order valence-electron chi connectivity index (χ3n) is 3.36. The zero-order chi connectivity index (χ0) is 16.4. The van der Waals surface area contributed by atoms with Crippen molar-refractivity contribution in [3.63, 3.8) is 0 Å². The van der Waals surface area contributed by atoms with E-state index in [0.717, 1.165) is 12.1 Å². The summed E-state index contributed by atoms with van der Waals surface area (Å²) in [5.74, 6) is -6.99. The maximum Gasteiger partial charge on any atom is 0.307 e. The summed E-state index contributed by atoms with van der Waals surface area (Å²) in [6, 6.07) is 3.05. The molecule has 116 valence electrons. The second-order valence-corrected chi connectivity index (χ2v) is 6.08. The van der Waals surface area contributed by atoms with Crippen molar-refractivity contribution in [1.82, 2.24) is 0 Å². The van der Waals surface area contributed by atoms with Crippen LogP contribution >= 0.6 is 0 Å². The van der Waals surface area contributed by atoms with Crippen LogP contribution in [0.2, 0.25) is 0 Å². The minimum absolute atomic E-state index is 0.180. The van der Waals surface area contributed by atoms with Gasteiger partial charge in [-0.05, 0) is 29.5 Å². The minimum atomic E-state index is -1.28. The van der Waals surface area contributed by atoms with E-state index in [2.05, 4.69) is 0 Å². The van der Waals surface area contributed by atoms with Gasteiger partial charge < -0.3 is 10.2 Å². The standard InChI is InChI=1S/C15H18F2O4/c1-15(2,3)12(14(20)21)9(13(18)19)6-8-4-5-10(16)11(17)7-8/h4-5,7,9,12H,6H2,1-3H3,(H,18,19)(H,20,21)/t9?,12-/m0/s1. The van der Waals surface area contributed by atoms with Gasteiger partial charge in [0.25, 0.3) is 0 Å². The summed E-state index contributed by atoms with van der Waals surface area (Å²) in [4.78, 5) is 22.8. The molecule has 1 rings (SSSR count). The van der Waals surface area contributed by atoms with E-state index in [1.54, 1.807) is 20.8 Å². The highest BCUT2D eigenvalue weighted by Gasteiger charge is 2.41. The maximum absolute atomic E-state index is 13.2. The molecule has 21 heavy (non-hydrogen) atoms. The Labute approximate surface area is 121 Å². The van der Waals surface area contributed by atoms with Gasteiger partial charge in [0.15, 0.2) is 11.6 Å². The van der Waals surface area contributed by atoms with Crippen LogP contribution in [0, 0.1) is 28.9 Å². The highest BCUT2D eigenvalue weighted by atomic mass is 19.2. The van der Waals surface area contributed by atoms with Gasteiger partial charge in [-0.15, -0.1) is 0 Å². The molecule has 0 radical (unpaired) electrons. The zero-order valence-electron chi connectivity index (χ0n) is 12.1. The van der Waals surface area contributed by atoms with Gasteiger partial charge in [0.1, 0.15) is 0 Å². The molecule has 0 saturated carbocycles. The van der Waals surface area contributed by atoms with Crippen molar-refractivity contribution in [1.29, 1.82) is 0 Å². The molecule has 1 unspecified atom stereocenters. The first kappa shape index (κ1) is 17.1. The highest BCUT2D eigenvalue weighted by molar-refractivity contribution is 5.80. The normalized spacial score (nSPS) is 14.5. The van der Waals surface area contributed by atoms with Crippen molar-refractivity contribution >= 4 is 11.9 Å². The van der Waals surface area contributed by atoms with Crippen LogP contribution in [0.1, 0.15) is 26.3 Å². The number of halogens is 2. The molecule has 2 N–H and O–H groups in total. The van der Waals surface area contributed by atoms with Crippen LogP contribution in [0.5, 0.6) is 0 Å². The number of carboxylic acids is 2. The fourth-order valence-corrected chi connectivity index (χ4v) is 2.41. The largest absolute Gasteiger partial charge is 0.481 e. The molecule has 0 saturated heterocycles. The van der Waals surface area contributed by atoms with E-state index in [1.807, 2.05) is 0 Å². The van der Waals surface area contributed by atoms with Crippen molar-refractivity contribution in [3.8, 4) is 0 Å². The van der Waals surface area contributed by atoms with Gasteiger partial charge in [-0.3, -0.25) is 9.59 Å². The van der Waals surface area contributed by atoms with Crippen molar-refractivity contribution in [2.24, 2.45) is 17.3 Å². The van der Waals surface area contributed by atoms with Crippen LogP contribution in [0.25, 0.3) is 0 Å². The Morgan fingerprint density at radius 1 is 1.10 bits per heavy atom. The molecule has 0 aromatic heterocycles. The average molecular weight is 300 g/mol. The molecule has 1 aromatic carbocycles. The van der Waals surface area contributed by atoms with Gasteiger partial charge in [-0.25, -0.2) is 8.78 Å². The van der Waals surface area contributed by atoms with E-state index >= 15 is 0 Å². The van der Waals surface area contributed by atoms with Crippen LogP contribution in [0.3, 0.4) is 0 Å². The first-order valence-corrected chi connectivity index (χ1v) is 6.43. The second-order valence-electron chi connectivity index (χ2n) is 6.08. The van der Waals surface area contributed by atoms with Crippen molar-refractivity contribution < 1.29 is 28.6 Å². The van der Waals surface area contributed by atoms with Crippen LogP contribution < -0.4 is 0 Å². The second kappa shape index (κ2) is 6.20. The highest BCUT2D eigenvalue weighted by Crippen LogP contribution is 2.34. The molecule has 0 amide bonds. The quantitative estimate of drug-likeness (QED) is 0.876. The Morgan fingerprint density at radius 3 is 2.05 bits per heavy atom. The van der Waals surface area contributed by atoms with E-state index < -0.39 is 40.8 Å². The number of hydrogen-bond acceptors (Lipinski definition) is 2. The number of carboxylic acid groups (broad SMARTS) is 2. The Balaban J connectivity index is 3.14. The van der Waals surface area contributed by atoms with E-state index in [-0.39, 0.29) is 12.0 Å². The van der Waals surface area contributed by atoms with Crippen LogP contribution in [0.15, 0.2) is 18.2 Å². The molecule has 0 fully saturated rings. The average Bonchev–Trinajstić information content (AvgIpc) is 2.30. The van der Waals surface area contributed by atoms with Gasteiger partial charge in [0, 0.05) is 0 Å². The van der Waals surface area contributed by atoms with Crippen LogP contribution in [-0.4, -0.2) is 22.2 Å². The number of rotatable bonds is 5. The monoisotopic (exact) mass is 300 g/mol. The lowest BCUT2D eigenvalue weighted by Crippen LogP contribution is -2.40. The third-order valence-corrected chi connectivity index (χ3v) is 3.36. The van der Waals surface area contributed by atoms with Crippen LogP contribution in [-0.2, 0) is 16.0 Å². The van der Waals surface area contributed by atoms with Crippen molar-refractivity contribution in [3.05, 3.63) is 35.4 Å². The fraction of sp³-hybridized carbons (Fsp3) is 0.467. The topological polar surface area (TPSA) is 74.6 Å². The third kappa shape index (κ3) is 4.24. The number of hydrogen-bond donors (Lipinski definition) is 2. The lowest BCUT2D eigenvalue weighted by Gasteiger charge is -2.31. The van der Waals surface area contributed by atoms with Gasteiger partial charge >= 0.3 is 11.9 Å². The summed E-state index contributed by atoms with van der Waals surface area (Å²) in [6.45, 7) is 4.90. The van der Waals surface area contributed by atoms with Crippen molar-refractivity contribution in [2.75, 3.05) is 0 Å². The smallest absolute Gasteiger partial charge is 0.307 e. The summed E-state index contributed by atoms with van der Waals surface area (Å²) in [5, 5.41) is 18.6. The lowest BCUT2D eigenvalue weighted by atomic mass is 9.71. The van der Waals surface area contributed by atoms with Gasteiger partial charge in [-0.1, -0.05) is 26.8 Å². The van der Waals surface area contributed by atoms with E-state index in [1.165, 1.54) is 6.07 Å². The summed E-state index contributed by atoms with van der Waals surface area (Å²) >= 11 is 0. The molecule has 1 aromatic rings. The maximum atomic E-state index is 13.2. The molecule has 0 heterocycles. The fourth-order valence-electron chi connectivity index (χ4n) is 2.41. The Bertz CT molecular complexity index is 549. The molecule has 0 spiro atoms. The van der Waals surface area contributed by atoms with Gasteiger partial charge in [0.2, 0.25) is 0 Å². The molecular weight excluding hydrogens is 282 g/mol. The molecule has 2 atom stereocenters. The molecule has 6 heteroatoms. The van der Waals surface area contributed by atoms with E-state index in [4.69, 9.17) is 0 Å². The molecule has 0 aliphatic carbocycles. The van der Waals surface area contributed by atoms with Gasteiger partial charge in [0.05, 0.1) is 11.8 Å². The summed E-state index contributed by atoms with van der Waals surface area (Å²) in [6.07, 6.45) is -0.180.